The van der Waals surface area contributed by atoms with Crippen LogP contribution in [-0.4, -0.2) is 12.3 Å². The Morgan fingerprint density at radius 2 is 2.12 bits per heavy atom. The van der Waals surface area contributed by atoms with Crippen molar-refractivity contribution in [1.82, 2.24) is 0 Å². The third-order valence-electron chi connectivity index (χ3n) is 4.69. The first-order chi connectivity index (χ1) is 8.18. The van der Waals surface area contributed by atoms with Crippen LogP contribution in [0.1, 0.15) is 58.3 Å². The van der Waals surface area contributed by atoms with Gasteiger partial charge >= 0.3 is 0 Å². The van der Waals surface area contributed by atoms with Gasteiger partial charge in [0.2, 0.25) is 0 Å². The molecule has 0 aromatic carbocycles. The van der Waals surface area contributed by atoms with Gasteiger partial charge in [-0.1, -0.05) is 13.0 Å². The van der Waals surface area contributed by atoms with Crippen molar-refractivity contribution in [1.29, 1.82) is 0 Å². The summed E-state index contributed by atoms with van der Waals surface area (Å²) >= 11 is 0. The molecule has 17 heavy (non-hydrogen) atoms. The minimum atomic E-state index is -0.213. The number of Topliss-reactive ketones (excluding diaryl/α,β-unsaturated/α-hetero) is 1. The lowest BCUT2D eigenvalue weighted by Gasteiger charge is -2.38. The molecule has 0 spiro atoms. The van der Waals surface area contributed by atoms with E-state index in [0.29, 0.717) is 12.3 Å². The van der Waals surface area contributed by atoms with Crippen LogP contribution in [0.2, 0.25) is 0 Å². The van der Waals surface area contributed by atoms with Gasteiger partial charge in [0.15, 0.2) is 5.78 Å². The van der Waals surface area contributed by atoms with Crippen molar-refractivity contribution >= 4 is 5.78 Å². The molecule has 0 atom stereocenters. The highest BCUT2D eigenvalue weighted by molar-refractivity contribution is 6.00. The predicted octanol–water partition coefficient (Wildman–Crippen LogP) is 3.21. The molecule has 0 aliphatic heterocycles. The Hall–Kier alpha value is -0.630. The summed E-state index contributed by atoms with van der Waals surface area (Å²) < 4.78 is 0. The zero-order valence-electron chi connectivity index (χ0n) is 11.0. The normalized spacial score (nSPS) is 34.2. The summed E-state index contributed by atoms with van der Waals surface area (Å²) in [6, 6.07) is 0. The zero-order chi connectivity index (χ0) is 12.3. The van der Waals surface area contributed by atoms with Crippen LogP contribution in [0, 0.1) is 11.3 Å². The second-order valence-corrected chi connectivity index (χ2v) is 5.97. The zero-order valence-corrected chi connectivity index (χ0v) is 11.0. The molecule has 2 rings (SSSR count). The fraction of sp³-hybridized carbons (Fsp3) is 0.800. The average molecular weight is 235 g/mol. The van der Waals surface area contributed by atoms with Crippen molar-refractivity contribution in [2.45, 2.75) is 58.3 Å². The third-order valence-corrected chi connectivity index (χ3v) is 4.69. The van der Waals surface area contributed by atoms with Gasteiger partial charge in [0, 0.05) is 12.0 Å². The highest BCUT2D eigenvalue weighted by atomic mass is 16.1. The quantitative estimate of drug-likeness (QED) is 0.816. The lowest BCUT2D eigenvalue weighted by molar-refractivity contribution is -0.126. The number of hydrogen-bond donors (Lipinski definition) is 1. The molecule has 2 nitrogen and oxygen atoms in total. The van der Waals surface area contributed by atoms with E-state index in [1.165, 1.54) is 12.8 Å². The van der Waals surface area contributed by atoms with Crippen LogP contribution in [-0.2, 0) is 4.79 Å². The molecule has 0 amide bonds. The van der Waals surface area contributed by atoms with Crippen LogP contribution in [0.4, 0.5) is 0 Å². The Morgan fingerprint density at radius 1 is 1.41 bits per heavy atom. The highest BCUT2D eigenvalue weighted by Gasteiger charge is 2.40. The van der Waals surface area contributed by atoms with Crippen molar-refractivity contribution in [3.8, 4) is 0 Å². The lowest BCUT2D eigenvalue weighted by atomic mass is 9.66. The van der Waals surface area contributed by atoms with Crippen LogP contribution >= 0.6 is 0 Å². The topological polar surface area (TPSA) is 43.1 Å². The lowest BCUT2D eigenvalue weighted by Crippen LogP contribution is -2.42. The van der Waals surface area contributed by atoms with E-state index in [1.54, 1.807) is 0 Å². The van der Waals surface area contributed by atoms with Gasteiger partial charge in [-0.3, -0.25) is 4.79 Å². The molecule has 0 radical (unpaired) electrons. The first kappa shape index (κ1) is 12.8. The molecule has 0 aromatic heterocycles. The number of carbonyl (C=O) groups is 1. The molecule has 0 bridgehead atoms. The molecular formula is C15H25NO. The maximum Gasteiger partial charge on any atom is 0.165 e. The average Bonchev–Trinajstić information content (AvgIpc) is 2.40. The van der Waals surface area contributed by atoms with Crippen molar-refractivity contribution in [2.75, 3.05) is 6.54 Å². The Bertz CT molecular complexity index is 311. The molecule has 0 heterocycles. The highest BCUT2D eigenvalue weighted by Crippen LogP contribution is 2.41. The number of allylic oxidation sites excluding steroid dienone is 2. The van der Waals surface area contributed by atoms with Crippen LogP contribution in [0.15, 0.2) is 11.6 Å². The molecule has 1 saturated carbocycles. The largest absolute Gasteiger partial charge is 0.329 e. The van der Waals surface area contributed by atoms with Crippen LogP contribution in [0.3, 0.4) is 0 Å². The summed E-state index contributed by atoms with van der Waals surface area (Å²) in [5.41, 5.74) is 6.81. The number of hydrogen-bond acceptors (Lipinski definition) is 2. The molecule has 2 aliphatic rings. The molecule has 2 heteroatoms. The van der Waals surface area contributed by atoms with Gasteiger partial charge in [0.1, 0.15) is 0 Å². The Labute approximate surface area is 105 Å². The van der Waals surface area contributed by atoms with Gasteiger partial charge in [-0.2, -0.15) is 0 Å². The summed E-state index contributed by atoms with van der Waals surface area (Å²) in [5, 5.41) is 0. The number of rotatable bonds is 3. The van der Waals surface area contributed by atoms with Crippen molar-refractivity contribution in [2.24, 2.45) is 17.1 Å². The van der Waals surface area contributed by atoms with E-state index in [2.05, 4.69) is 13.0 Å². The molecule has 0 aromatic rings. The predicted molar refractivity (Wildman–Crippen MR) is 70.7 cm³/mol. The number of nitrogens with two attached hydrogens (primary N) is 1. The molecule has 1 fully saturated rings. The Morgan fingerprint density at radius 3 is 2.65 bits per heavy atom. The molecule has 0 saturated heterocycles. The SMILES string of the molecule is CC1CCC(CN)(C(=O)C2=CCCCC2)CC1. The van der Waals surface area contributed by atoms with Crippen molar-refractivity contribution in [3.63, 3.8) is 0 Å². The molecule has 96 valence electrons. The van der Waals surface area contributed by atoms with Crippen LogP contribution in [0.5, 0.6) is 0 Å². The molecule has 2 N–H and O–H groups in total. The van der Waals surface area contributed by atoms with E-state index < -0.39 is 0 Å². The molecular weight excluding hydrogens is 210 g/mol. The molecule has 0 unspecified atom stereocenters. The second-order valence-electron chi connectivity index (χ2n) is 5.97. The van der Waals surface area contributed by atoms with E-state index in [-0.39, 0.29) is 5.41 Å². The van der Waals surface area contributed by atoms with E-state index in [1.807, 2.05) is 0 Å². The summed E-state index contributed by atoms with van der Waals surface area (Å²) in [6.45, 7) is 2.82. The van der Waals surface area contributed by atoms with Gasteiger partial charge in [-0.15, -0.1) is 0 Å². The Kier molecular flexibility index (Phi) is 4.03. The summed E-state index contributed by atoms with van der Waals surface area (Å²) in [4.78, 5) is 12.7. The first-order valence-corrected chi connectivity index (χ1v) is 7.12. The van der Waals surface area contributed by atoms with E-state index in [9.17, 15) is 4.79 Å². The van der Waals surface area contributed by atoms with E-state index in [0.717, 1.165) is 50.0 Å². The minimum Gasteiger partial charge on any atom is -0.329 e. The Balaban J connectivity index is 2.12. The minimum absolute atomic E-state index is 0.213. The number of ketones is 1. The fourth-order valence-corrected chi connectivity index (χ4v) is 3.22. The maximum atomic E-state index is 12.7. The standard InChI is InChI=1S/C15H25NO/c1-12-7-9-15(11-16,10-8-12)14(17)13-5-3-2-4-6-13/h5,12H,2-4,6-11,16H2,1H3. The third kappa shape index (κ3) is 2.62. The van der Waals surface area contributed by atoms with Crippen molar-refractivity contribution in [3.05, 3.63) is 11.6 Å². The number of carbonyl (C=O) groups excluding carboxylic acids is 1. The van der Waals surface area contributed by atoms with Crippen molar-refractivity contribution < 1.29 is 4.79 Å². The second kappa shape index (κ2) is 5.34. The summed E-state index contributed by atoms with van der Waals surface area (Å²) in [5.74, 6) is 1.15. The van der Waals surface area contributed by atoms with Gasteiger partial charge in [-0.25, -0.2) is 0 Å². The van der Waals surface area contributed by atoms with E-state index in [4.69, 9.17) is 5.73 Å². The summed E-state index contributed by atoms with van der Waals surface area (Å²) in [6.07, 6.45) is 11.0. The summed E-state index contributed by atoms with van der Waals surface area (Å²) in [7, 11) is 0. The van der Waals surface area contributed by atoms with Crippen LogP contribution in [0.25, 0.3) is 0 Å². The maximum absolute atomic E-state index is 12.7. The van der Waals surface area contributed by atoms with Gasteiger partial charge in [-0.05, 0) is 62.9 Å². The monoisotopic (exact) mass is 235 g/mol. The van der Waals surface area contributed by atoms with Gasteiger partial charge < -0.3 is 5.73 Å². The van der Waals surface area contributed by atoms with E-state index >= 15 is 0 Å². The first-order valence-electron chi connectivity index (χ1n) is 7.12. The fourth-order valence-electron chi connectivity index (χ4n) is 3.22. The molecule has 2 aliphatic carbocycles. The smallest absolute Gasteiger partial charge is 0.165 e. The van der Waals surface area contributed by atoms with Crippen LogP contribution < -0.4 is 5.73 Å². The van der Waals surface area contributed by atoms with Gasteiger partial charge in [0.25, 0.3) is 0 Å². The van der Waals surface area contributed by atoms with Gasteiger partial charge in [0.05, 0.1) is 0 Å².